The molecule has 21 heavy (non-hydrogen) atoms. The number of likely N-dealkylation sites (tertiary alicyclic amines) is 1. The molecule has 6 heteroatoms. The first-order valence-corrected chi connectivity index (χ1v) is 7.04. The normalized spacial score (nSPS) is 15.9. The van der Waals surface area contributed by atoms with Gasteiger partial charge in [0, 0.05) is 19.5 Å². The van der Waals surface area contributed by atoms with Crippen molar-refractivity contribution in [3.8, 4) is 0 Å². The van der Waals surface area contributed by atoms with Crippen molar-refractivity contribution in [3.05, 3.63) is 35.9 Å². The Morgan fingerprint density at radius 2 is 2.14 bits per heavy atom. The van der Waals surface area contributed by atoms with Crippen molar-refractivity contribution in [1.29, 1.82) is 0 Å². The maximum absolute atomic E-state index is 11.8. The lowest BCUT2D eigenvalue weighted by Crippen LogP contribution is -2.44. The number of rotatable bonds is 5. The van der Waals surface area contributed by atoms with Crippen molar-refractivity contribution >= 4 is 12.0 Å². The molecule has 6 nitrogen and oxygen atoms in total. The van der Waals surface area contributed by atoms with Crippen LogP contribution in [0.1, 0.15) is 25.3 Å². The van der Waals surface area contributed by atoms with Gasteiger partial charge in [0.25, 0.3) is 0 Å². The molecule has 1 aliphatic rings. The zero-order valence-corrected chi connectivity index (χ0v) is 12.1. The second-order valence-corrected chi connectivity index (χ2v) is 5.18. The molecule has 1 aromatic rings. The Kier molecular flexibility index (Phi) is 5.16. The Morgan fingerprint density at radius 1 is 1.43 bits per heavy atom. The molecule has 1 unspecified atom stereocenters. The topological polar surface area (TPSA) is 70.1 Å². The van der Waals surface area contributed by atoms with Crippen molar-refractivity contribution in [2.75, 3.05) is 13.1 Å². The average molecular weight is 292 g/mol. The Labute approximate surface area is 123 Å². The number of benzene rings is 1. The third-order valence-electron chi connectivity index (χ3n) is 3.47. The van der Waals surface area contributed by atoms with Crippen molar-refractivity contribution in [1.82, 2.24) is 9.96 Å². The molecular formula is C15H20N2O4. The summed E-state index contributed by atoms with van der Waals surface area (Å²) < 4.78 is 5.04. The Morgan fingerprint density at radius 3 is 2.76 bits per heavy atom. The average Bonchev–Trinajstić information content (AvgIpc) is 2.90. The molecule has 1 aromatic carbocycles. The van der Waals surface area contributed by atoms with Gasteiger partial charge in [0.15, 0.2) is 0 Å². The van der Waals surface area contributed by atoms with Crippen LogP contribution in [0.5, 0.6) is 0 Å². The number of hydrogen-bond acceptors (Lipinski definition) is 4. The van der Waals surface area contributed by atoms with Gasteiger partial charge in [0.05, 0.1) is 6.04 Å². The van der Waals surface area contributed by atoms with E-state index in [1.54, 1.807) is 11.8 Å². The number of hydrogen-bond donors (Lipinski definition) is 1. The molecule has 0 saturated carbocycles. The SMILES string of the molecule is CC(CN1CCCC1=O)N(O)C(=O)OCc1ccccc1. The van der Waals surface area contributed by atoms with Gasteiger partial charge in [-0.3, -0.25) is 10.0 Å². The summed E-state index contributed by atoms with van der Waals surface area (Å²) in [5, 5.41) is 10.4. The summed E-state index contributed by atoms with van der Waals surface area (Å²) in [6.45, 7) is 2.77. The Hall–Kier alpha value is -2.08. The molecule has 0 aliphatic carbocycles. The number of hydroxylamine groups is 2. The molecule has 1 heterocycles. The first-order chi connectivity index (χ1) is 10.1. The van der Waals surface area contributed by atoms with Gasteiger partial charge in [-0.05, 0) is 18.9 Å². The molecule has 2 rings (SSSR count). The highest BCUT2D eigenvalue weighted by Gasteiger charge is 2.26. The van der Waals surface area contributed by atoms with Crippen LogP contribution in [-0.2, 0) is 16.1 Å². The van der Waals surface area contributed by atoms with Gasteiger partial charge in [-0.1, -0.05) is 30.3 Å². The van der Waals surface area contributed by atoms with E-state index in [2.05, 4.69) is 0 Å². The lowest BCUT2D eigenvalue weighted by atomic mass is 10.2. The van der Waals surface area contributed by atoms with E-state index in [0.717, 1.165) is 12.0 Å². The quantitative estimate of drug-likeness (QED) is 0.666. The molecule has 1 fully saturated rings. The van der Waals surface area contributed by atoms with E-state index in [1.165, 1.54) is 0 Å². The van der Waals surface area contributed by atoms with Crippen LogP contribution in [0.2, 0.25) is 0 Å². The summed E-state index contributed by atoms with van der Waals surface area (Å²) in [7, 11) is 0. The summed E-state index contributed by atoms with van der Waals surface area (Å²) in [5.41, 5.74) is 0.849. The monoisotopic (exact) mass is 292 g/mol. The van der Waals surface area contributed by atoms with E-state index in [9.17, 15) is 14.8 Å². The summed E-state index contributed by atoms with van der Waals surface area (Å²) in [6, 6.07) is 8.74. The smallest absolute Gasteiger partial charge is 0.434 e. The highest BCUT2D eigenvalue weighted by atomic mass is 16.6. The first-order valence-electron chi connectivity index (χ1n) is 7.04. The zero-order chi connectivity index (χ0) is 15.2. The second-order valence-electron chi connectivity index (χ2n) is 5.18. The summed E-state index contributed by atoms with van der Waals surface area (Å²) in [4.78, 5) is 24.9. The Balaban J connectivity index is 1.79. The second kappa shape index (κ2) is 7.08. The van der Waals surface area contributed by atoms with Crippen LogP contribution in [0.3, 0.4) is 0 Å². The summed E-state index contributed by atoms with van der Waals surface area (Å²) >= 11 is 0. The fraction of sp³-hybridized carbons (Fsp3) is 0.467. The van der Waals surface area contributed by atoms with E-state index in [1.807, 2.05) is 30.3 Å². The van der Waals surface area contributed by atoms with E-state index in [4.69, 9.17) is 4.74 Å². The van der Waals surface area contributed by atoms with Crippen molar-refractivity contribution in [2.45, 2.75) is 32.4 Å². The number of amides is 2. The summed E-state index contributed by atoms with van der Waals surface area (Å²) in [5.74, 6) is 0.0629. The van der Waals surface area contributed by atoms with Crippen LogP contribution in [0.4, 0.5) is 4.79 Å². The molecule has 1 saturated heterocycles. The molecule has 0 aromatic heterocycles. The van der Waals surface area contributed by atoms with Gasteiger partial charge in [-0.2, -0.15) is 5.06 Å². The van der Waals surface area contributed by atoms with E-state index >= 15 is 0 Å². The first kappa shape index (κ1) is 15.3. The summed E-state index contributed by atoms with van der Waals surface area (Å²) in [6.07, 6.45) is 0.560. The van der Waals surface area contributed by atoms with Crippen LogP contribution < -0.4 is 0 Å². The third kappa shape index (κ3) is 4.19. The van der Waals surface area contributed by atoms with Gasteiger partial charge in [0.2, 0.25) is 5.91 Å². The van der Waals surface area contributed by atoms with Gasteiger partial charge in [0.1, 0.15) is 6.61 Å². The maximum atomic E-state index is 11.8. The molecule has 0 bridgehead atoms. The zero-order valence-electron chi connectivity index (χ0n) is 12.1. The number of carbonyl (C=O) groups excluding carboxylic acids is 2. The minimum absolute atomic E-state index is 0.0629. The third-order valence-corrected chi connectivity index (χ3v) is 3.47. The van der Waals surface area contributed by atoms with Gasteiger partial charge < -0.3 is 9.64 Å². The van der Waals surface area contributed by atoms with E-state index in [-0.39, 0.29) is 12.5 Å². The maximum Gasteiger partial charge on any atom is 0.434 e. The van der Waals surface area contributed by atoms with Crippen LogP contribution in [0, 0.1) is 0 Å². The van der Waals surface area contributed by atoms with Gasteiger partial charge in [-0.15, -0.1) is 0 Å². The van der Waals surface area contributed by atoms with Crippen LogP contribution >= 0.6 is 0 Å². The molecule has 114 valence electrons. The molecule has 1 atom stereocenters. The molecule has 1 aliphatic heterocycles. The highest BCUT2D eigenvalue weighted by Crippen LogP contribution is 2.12. The predicted octanol–water partition coefficient (Wildman–Crippen LogP) is 2.03. The lowest BCUT2D eigenvalue weighted by Gasteiger charge is -2.26. The van der Waals surface area contributed by atoms with Crippen LogP contribution in [0.15, 0.2) is 30.3 Å². The largest absolute Gasteiger partial charge is 0.443 e. The van der Waals surface area contributed by atoms with Crippen LogP contribution in [0.25, 0.3) is 0 Å². The Bertz CT molecular complexity index is 492. The fourth-order valence-electron chi connectivity index (χ4n) is 2.26. The lowest BCUT2D eigenvalue weighted by molar-refractivity contribution is -0.133. The number of carbonyl (C=O) groups is 2. The minimum atomic E-state index is -0.807. The molecular weight excluding hydrogens is 272 g/mol. The van der Waals surface area contributed by atoms with Crippen molar-refractivity contribution < 1.29 is 19.5 Å². The minimum Gasteiger partial charge on any atom is -0.443 e. The van der Waals surface area contributed by atoms with E-state index < -0.39 is 12.1 Å². The molecule has 1 N–H and O–H groups in total. The predicted molar refractivity (Wildman–Crippen MR) is 75.5 cm³/mol. The fourth-order valence-corrected chi connectivity index (χ4v) is 2.26. The molecule has 0 radical (unpaired) electrons. The van der Waals surface area contributed by atoms with Gasteiger partial charge in [-0.25, -0.2) is 4.79 Å². The van der Waals surface area contributed by atoms with Gasteiger partial charge >= 0.3 is 6.09 Å². The standard InChI is InChI=1S/C15H20N2O4/c1-12(10-16-9-5-8-14(16)18)17(20)15(19)21-11-13-6-3-2-4-7-13/h2-4,6-7,12,20H,5,8-11H2,1H3. The number of ether oxygens (including phenoxy) is 1. The highest BCUT2D eigenvalue weighted by molar-refractivity contribution is 5.78. The number of nitrogens with zero attached hydrogens (tertiary/aromatic N) is 2. The van der Waals surface area contributed by atoms with E-state index in [0.29, 0.717) is 24.6 Å². The molecule has 0 spiro atoms. The molecule has 2 amide bonds. The van der Waals surface area contributed by atoms with Crippen molar-refractivity contribution in [3.63, 3.8) is 0 Å². The van der Waals surface area contributed by atoms with Crippen molar-refractivity contribution in [2.24, 2.45) is 0 Å². The van der Waals surface area contributed by atoms with Crippen LogP contribution in [-0.4, -0.2) is 46.3 Å².